The molecule has 2 aromatic carbocycles. The van der Waals surface area contributed by atoms with E-state index in [1.165, 1.54) is 0 Å². The van der Waals surface area contributed by atoms with Crippen LogP contribution in [0.2, 0.25) is 0 Å². The summed E-state index contributed by atoms with van der Waals surface area (Å²) in [5.41, 5.74) is 9.30. The second-order valence-corrected chi connectivity index (χ2v) is 8.39. The van der Waals surface area contributed by atoms with Gasteiger partial charge in [-0.2, -0.15) is 0 Å². The molecule has 2 aromatic rings. The number of piperidine rings is 1. The van der Waals surface area contributed by atoms with E-state index in [2.05, 4.69) is 15.5 Å². The summed E-state index contributed by atoms with van der Waals surface area (Å²) in [5, 5.41) is 5.52. The highest BCUT2D eigenvalue weighted by atomic mass is 16.2. The van der Waals surface area contributed by atoms with E-state index in [1.807, 2.05) is 24.3 Å². The third-order valence-corrected chi connectivity index (χ3v) is 6.14. The van der Waals surface area contributed by atoms with Crippen LogP contribution < -0.4 is 21.3 Å². The van der Waals surface area contributed by atoms with Crippen LogP contribution in [0, 0.1) is 0 Å². The Balaban J connectivity index is 1.26. The third-order valence-electron chi connectivity index (χ3n) is 6.14. The molecule has 4 N–H and O–H groups in total. The van der Waals surface area contributed by atoms with Crippen LogP contribution in [0.15, 0.2) is 42.5 Å². The summed E-state index contributed by atoms with van der Waals surface area (Å²) in [5.74, 6) is -2.00. The zero-order chi connectivity index (χ0) is 22.4. The number of carbonyl (C=O) groups is 4. The first-order valence-electron chi connectivity index (χ1n) is 10.6. The normalized spacial score (nSPS) is 20.8. The van der Waals surface area contributed by atoms with E-state index in [4.69, 9.17) is 5.73 Å². The molecule has 0 spiro atoms. The van der Waals surface area contributed by atoms with E-state index in [9.17, 15) is 19.2 Å². The molecule has 0 aromatic heterocycles. The maximum Gasteiger partial charge on any atom is 0.262 e. The monoisotopic (exact) mass is 433 g/mol. The van der Waals surface area contributed by atoms with Crippen LogP contribution >= 0.6 is 0 Å². The van der Waals surface area contributed by atoms with Crippen molar-refractivity contribution in [3.8, 4) is 0 Å². The van der Waals surface area contributed by atoms with Crippen LogP contribution in [0.4, 0.5) is 11.4 Å². The molecule has 3 aliphatic heterocycles. The SMILES string of the molecule is NC1CN(c2ccc(NCc3ccc4c(c3)C(=O)N(C3CCC(=O)NC3=O)C4=O)cc2)C1. The predicted octanol–water partition coefficient (Wildman–Crippen LogP) is 0.847. The Morgan fingerprint density at radius 1 is 0.969 bits per heavy atom. The Morgan fingerprint density at radius 3 is 2.38 bits per heavy atom. The number of benzene rings is 2. The van der Waals surface area contributed by atoms with E-state index in [0.29, 0.717) is 6.54 Å². The summed E-state index contributed by atoms with van der Waals surface area (Å²) in [6, 6.07) is 12.4. The molecule has 1 atom stereocenters. The van der Waals surface area contributed by atoms with Crippen molar-refractivity contribution >= 4 is 35.0 Å². The second kappa shape index (κ2) is 7.76. The molecule has 9 nitrogen and oxygen atoms in total. The highest BCUT2D eigenvalue weighted by Gasteiger charge is 2.44. The molecule has 32 heavy (non-hydrogen) atoms. The minimum Gasteiger partial charge on any atom is -0.381 e. The number of rotatable bonds is 5. The van der Waals surface area contributed by atoms with Gasteiger partial charge in [0.2, 0.25) is 11.8 Å². The molecule has 9 heteroatoms. The summed E-state index contributed by atoms with van der Waals surface area (Å²) in [4.78, 5) is 52.5. The van der Waals surface area contributed by atoms with Crippen LogP contribution in [0.3, 0.4) is 0 Å². The molecule has 164 valence electrons. The number of hydrogen-bond acceptors (Lipinski definition) is 7. The second-order valence-electron chi connectivity index (χ2n) is 8.39. The fraction of sp³-hybridized carbons (Fsp3) is 0.304. The van der Waals surface area contributed by atoms with Crippen molar-refractivity contribution < 1.29 is 19.2 Å². The summed E-state index contributed by atoms with van der Waals surface area (Å²) >= 11 is 0. The van der Waals surface area contributed by atoms with Crippen molar-refractivity contribution in [1.29, 1.82) is 0 Å². The number of nitrogens with two attached hydrogens (primary N) is 1. The highest BCUT2D eigenvalue weighted by Crippen LogP contribution is 2.29. The number of nitrogens with zero attached hydrogens (tertiary/aromatic N) is 2. The standard InChI is InChI=1S/C23H23N5O4/c24-14-11-27(12-14)16-4-2-15(3-5-16)25-10-13-1-6-17-18(9-13)23(32)28(22(17)31)19-7-8-20(29)26-21(19)30/h1-6,9,14,19,25H,7-8,10-12,24H2,(H,26,29,30). The van der Waals surface area contributed by atoms with Gasteiger partial charge in [0.15, 0.2) is 0 Å². The Labute approximate surface area is 184 Å². The molecule has 0 saturated carbocycles. The summed E-state index contributed by atoms with van der Waals surface area (Å²) in [7, 11) is 0. The van der Waals surface area contributed by atoms with Gasteiger partial charge in [-0.15, -0.1) is 0 Å². The average Bonchev–Trinajstić information content (AvgIpc) is 3.00. The van der Waals surface area contributed by atoms with Crippen molar-refractivity contribution in [2.45, 2.75) is 31.5 Å². The lowest BCUT2D eigenvalue weighted by Crippen LogP contribution is -2.55. The highest BCUT2D eigenvalue weighted by molar-refractivity contribution is 6.23. The first-order valence-corrected chi connectivity index (χ1v) is 10.6. The van der Waals surface area contributed by atoms with Crippen LogP contribution in [0.25, 0.3) is 0 Å². The number of anilines is 2. The molecule has 3 aliphatic rings. The fourth-order valence-electron chi connectivity index (χ4n) is 4.35. The van der Waals surface area contributed by atoms with E-state index in [1.54, 1.807) is 18.2 Å². The maximum absolute atomic E-state index is 12.9. The smallest absolute Gasteiger partial charge is 0.262 e. The van der Waals surface area contributed by atoms with Crippen molar-refractivity contribution in [3.05, 3.63) is 59.2 Å². The number of hydrogen-bond donors (Lipinski definition) is 3. The molecule has 3 heterocycles. The molecule has 4 amide bonds. The molecule has 5 rings (SSSR count). The fourth-order valence-corrected chi connectivity index (χ4v) is 4.35. The Morgan fingerprint density at radius 2 is 1.69 bits per heavy atom. The van der Waals surface area contributed by atoms with Crippen LogP contribution in [0.1, 0.15) is 39.1 Å². The maximum atomic E-state index is 12.9. The Kier molecular flexibility index (Phi) is 4.90. The van der Waals surface area contributed by atoms with Gasteiger partial charge in [0.25, 0.3) is 11.8 Å². The average molecular weight is 433 g/mol. The van der Waals surface area contributed by atoms with E-state index in [0.717, 1.165) is 34.9 Å². The number of imide groups is 2. The van der Waals surface area contributed by atoms with Crippen molar-refractivity contribution in [2.24, 2.45) is 5.73 Å². The van der Waals surface area contributed by atoms with Gasteiger partial charge in [-0.25, -0.2) is 0 Å². The minimum atomic E-state index is -0.957. The molecule has 2 fully saturated rings. The van der Waals surface area contributed by atoms with Gasteiger partial charge >= 0.3 is 0 Å². The lowest BCUT2D eigenvalue weighted by atomic mass is 10.0. The molecule has 2 saturated heterocycles. The summed E-state index contributed by atoms with van der Waals surface area (Å²) in [6.45, 7) is 2.20. The van der Waals surface area contributed by atoms with Crippen molar-refractivity contribution in [1.82, 2.24) is 10.2 Å². The predicted molar refractivity (Wildman–Crippen MR) is 117 cm³/mol. The largest absolute Gasteiger partial charge is 0.381 e. The zero-order valence-electron chi connectivity index (χ0n) is 17.3. The lowest BCUT2D eigenvalue weighted by Gasteiger charge is -2.38. The van der Waals surface area contributed by atoms with Crippen LogP contribution in [0.5, 0.6) is 0 Å². The molecule has 0 bridgehead atoms. The first kappa shape index (κ1) is 20.2. The molecular formula is C23H23N5O4. The van der Waals surface area contributed by atoms with Gasteiger partial charge in [0.05, 0.1) is 11.1 Å². The van der Waals surface area contributed by atoms with Gasteiger partial charge < -0.3 is 16.0 Å². The third kappa shape index (κ3) is 3.50. The lowest BCUT2D eigenvalue weighted by molar-refractivity contribution is -0.136. The topological polar surface area (TPSA) is 125 Å². The molecule has 1 unspecified atom stereocenters. The number of amides is 4. The van der Waals surface area contributed by atoms with Gasteiger partial charge in [-0.1, -0.05) is 6.07 Å². The van der Waals surface area contributed by atoms with E-state index >= 15 is 0 Å². The van der Waals surface area contributed by atoms with Gasteiger partial charge in [-0.3, -0.25) is 29.4 Å². The van der Waals surface area contributed by atoms with Crippen LogP contribution in [-0.2, 0) is 16.1 Å². The first-order chi connectivity index (χ1) is 15.4. The summed E-state index contributed by atoms with van der Waals surface area (Å²) < 4.78 is 0. The molecule has 0 aliphatic carbocycles. The summed E-state index contributed by atoms with van der Waals surface area (Å²) in [6.07, 6.45) is 0.242. The molecule has 0 radical (unpaired) electrons. The van der Waals surface area contributed by atoms with Gasteiger partial charge in [0.1, 0.15) is 6.04 Å². The zero-order valence-corrected chi connectivity index (χ0v) is 17.3. The van der Waals surface area contributed by atoms with Gasteiger partial charge in [0, 0.05) is 43.5 Å². The van der Waals surface area contributed by atoms with E-state index < -0.39 is 29.7 Å². The number of fused-ring (bicyclic) bond motifs is 1. The molecular weight excluding hydrogens is 410 g/mol. The Bertz CT molecular complexity index is 1120. The van der Waals surface area contributed by atoms with Crippen LogP contribution in [-0.4, -0.2) is 53.7 Å². The van der Waals surface area contributed by atoms with Crippen molar-refractivity contribution in [3.63, 3.8) is 0 Å². The number of carbonyl (C=O) groups excluding carboxylic acids is 4. The quantitative estimate of drug-likeness (QED) is 0.597. The van der Waals surface area contributed by atoms with E-state index in [-0.39, 0.29) is 30.0 Å². The van der Waals surface area contributed by atoms with Gasteiger partial charge in [-0.05, 0) is 48.4 Å². The number of nitrogens with one attached hydrogen (secondary N) is 2. The van der Waals surface area contributed by atoms with Crippen molar-refractivity contribution in [2.75, 3.05) is 23.3 Å². The minimum absolute atomic E-state index is 0.0995. The Hall–Kier alpha value is -3.72.